The first kappa shape index (κ1) is 15.7. The average molecular weight is 336 g/mol. The van der Waals surface area contributed by atoms with Gasteiger partial charge in [0.2, 0.25) is 5.91 Å². The molecular formula is C20H20N2O3. The fourth-order valence-corrected chi connectivity index (χ4v) is 3.08. The molecule has 2 aliphatic rings. The van der Waals surface area contributed by atoms with Crippen molar-refractivity contribution in [2.45, 2.75) is 31.2 Å². The van der Waals surface area contributed by atoms with Gasteiger partial charge >= 0.3 is 0 Å². The van der Waals surface area contributed by atoms with E-state index in [9.17, 15) is 9.59 Å². The van der Waals surface area contributed by atoms with Crippen LogP contribution >= 0.6 is 0 Å². The summed E-state index contributed by atoms with van der Waals surface area (Å²) in [6, 6.07) is 15.0. The average Bonchev–Trinajstić information content (AvgIpc) is 3.45. The number of amides is 2. The van der Waals surface area contributed by atoms with Gasteiger partial charge in [-0.1, -0.05) is 24.3 Å². The highest BCUT2D eigenvalue weighted by Gasteiger charge is 2.28. The predicted molar refractivity (Wildman–Crippen MR) is 94.9 cm³/mol. The largest absolute Gasteiger partial charge is 0.493 e. The topological polar surface area (TPSA) is 67.4 Å². The molecule has 5 nitrogen and oxygen atoms in total. The van der Waals surface area contributed by atoms with E-state index in [1.807, 2.05) is 24.3 Å². The molecule has 2 amide bonds. The van der Waals surface area contributed by atoms with Crippen molar-refractivity contribution >= 4 is 17.5 Å². The van der Waals surface area contributed by atoms with Crippen molar-refractivity contribution in [2.24, 2.45) is 0 Å². The first-order valence-corrected chi connectivity index (χ1v) is 8.64. The Kier molecular flexibility index (Phi) is 4.14. The van der Waals surface area contributed by atoms with E-state index in [1.165, 1.54) is 0 Å². The Morgan fingerprint density at radius 3 is 2.68 bits per heavy atom. The molecule has 4 rings (SSSR count). The number of rotatable bonds is 4. The molecule has 1 unspecified atom stereocenters. The lowest BCUT2D eigenvalue weighted by molar-refractivity contribution is -0.118. The lowest BCUT2D eigenvalue weighted by Crippen LogP contribution is -2.27. The highest BCUT2D eigenvalue weighted by Crippen LogP contribution is 2.34. The minimum atomic E-state index is -0.242. The summed E-state index contributed by atoms with van der Waals surface area (Å²) in [6.45, 7) is 0.527. The molecule has 25 heavy (non-hydrogen) atoms. The van der Waals surface area contributed by atoms with Gasteiger partial charge in [0, 0.05) is 22.9 Å². The van der Waals surface area contributed by atoms with Gasteiger partial charge in [-0.3, -0.25) is 9.59 Å². The third-order valence-corrected chi connectivity index (χ3v) is 4.58. The van der Waals surface area contributed by atoms with Crippen LogP contribution in [0.2, 0.25) is 0 Å². The number of ether oxygens (including phenoxy) is 1. The quantitative estimate of drug-likeness (QED) is 0.901. The summed E-state index contributed by atoms with van der Waals surface area (Å²) >= 11 is 0. The highest BCUT2D eigenvalue weighted by atomic mass is 16.5. The summed E-state index contributed by atoms with van der Waals surface area (Å²) in [6.07, 6.45) is 2.74. The van der Waals surface area contributed by atoms with E-state index in [4.69, 9.17) is 4.74 Å². The van der Waals surface area contributed by atoms with Crippen molar-refractivity contribution < 1.29 is 14.3 Å². The number of para-hydroxylation sites is 1. The van der Waals surface area contributed by atoms with E-state index in [2.05, 4.69) is 10.6 Å². The van der Waals surface area contributed by atoms with Crippen molar-refractivity contribution in [3.63, 3.8) is 0 Å². The van der Waals surface area contributed by atoms with Gasteiger partial charge in [-0.25, -0.2) is 0 Å². The van der Waals surface area contributed by atoms with E-state index >= 15 is 0 Å². The number of hydrogen-bond acceptors (Lipinski definition) is 3. The fourth-order valence-electron chi connectivity index (χ4n) is 3.08. The Balaban J connectivity index is 1.49. The van der Waals surface area contributed by atoms with Crippen molar-refractivity contribution in [3.05, 3.63) is 59.7 Å². The van der Waals surface area contributed by atoms with Crippen LogP contribution in [0.15, 0.2) is 48.5 Å². The monoisotopic (exact) mass is 336 g/mol. The molecule has 5 heteroatoms. The van der Waals surface area contributed by atoms with E-state index in [-0.39, 0.29) is 17.7 Å². The number of carbonyl (C=O) groups excluding carboxylic acids is 2. The van der Waals surface area contributed by atoms with Gasteiger partial charge in [0.15, 0.2) is 0 Å². The van der Waals surface area contributed by atoms with Crippen molar-refractivity contribution in [1.82, 2.24) is 5.32 Å². The minimum Gasteiger partial charge on any atom is -0.493 e. The van der Waals surface area contributed by atoms with Crippen LogP contribution in [0, 0.1) is 0 Å². The summed E-state index contributed by atoms with van der Waals surface area (Å²) in [4.78, 5) is 24.9. The van der Waals surface area contributed by atoms with E-state index in [0.717, 1.165) is 24.2 Å². The summed E-state index contributed by atoms with van der Waals surface area (Å²) < 4.78 is 5.61. The fraction of sp³-hybridized carbons (Fsp3) is 0.300. The van der Waals surface area contributed by atoms with Gasteiger partial charge in [-0.2, -0.15) is 0 Å². The molecular weight excluding hydrogens is 316 g/mol. The smallest absolute Gasteiger partial charge is 0.251 e. The Labute approximate surface area is 146 Å². The molecule has 2 aromatic rings. The molecule has 1 heterocycles. The Morgan fingerprint density at radius 2 is 1.84 bits per heavy atom. The molecule has 1 fully saturated rings. The summed E-state index contributed by atoms with van der Waals surface area (Å²) in [7, 11) is 0. The summed E-state index contributed by atoms with van der Waals surface area (Å²) in [5.41, 5.74) is 2.11. The first-order chi connectivity index (χ1) is 12.2. The predicted octanol–water partition coefficient (Wildman–Crippen LogP) is 3.08. The number of hydrogen-bond donors (Lipinski definition) is 2. The standard InChI is InChI=1S/C20H20N2O3/c23-19(21-14-8-9-14)13-4-3-5-15(12-13)22-20(24)17-10-11-25-18-7-2-1-6-16(17)18/h1-7,12,14,17H,8-11H2,(H,21,23)(H,22,24). The number of benzene rings is 2. The zero-order valence-electron chi connectivity index (χ0n) is 13.8. The van der Waals surface area contributed by atoms with Gasteiger partial charge in [-0.05, 0) is 43.5 Å². The van der Waals surface area contributed by atoms with Gasteiger partial charge in [0.25, 0.3) is 5.91 Å². The van der Waals surface area contributed by atoms with Gasteiger partial charge in [0.1, 0.15) is 5.75 Å². The normalized spacial score (nSPS) is 18.6. The molecule has 128 valence electrons. The van der Waals surface area contributed by atoms with E-state index in [0.29, 0.717) is 30.3 Å². The van der Waals surface area contributed by atoms with Gasteiger partial charge in [0.05, 0.1) is 12.5 Å². The molecule has 0 bridgehead atoms. The third kappa shape index (κ3) is 3.50. The van der Waals surface area contributed by atoms with Crippen LogP contribution in [-0.2, 0) is 4.79 Å². The second kappa shape index (κ2) is 6.59. The lowest BCUT2D eigenvalue weighted by atomic mass is 9.92. The SMILES string of the molecule is O=C(NC1CC1)c1cccc(NC(=O)C2CCOc3ccccc32)c1. The van der Waals surface area contributed by atoms with E-state index < -0.39 is 0 Å². The van der Waals surface area contributed by atoms with Crippen LogP contribution in [0.5, 0.6) is 5.75 Å². The van der Waals surface area contributed by atoms with Crippen LogP contribution in [-0.4, -0.2) is 24.5 Å². The number of carbonyl (C=O) groups is 2. The minimum absolute atomic E-state index is 0.0736. The number of anilines is 1. The Bertz CT molecular complexity index is 814. The molecule has 0 radical (unpaired) electrons. The molecule has 0 saturated heterocycles. The second-order valence-electron chi connectivity index (χ2n) is 6.55. The second-order valence-corrected chi connectivity index (χ2v) is 6.55. The molecule has 1 atom stereocenters. The van der Waals surface area contributed by atoms with Gasteiger partial charge < -0.3 is 15.4 Å². The molecule has 0 aromatic heterocycles. The Hall–Kier alpha value is -2.82. The van der Waals surface area contributed by atoms with Crippen molar-refractivity contribution in [2.75, 3.05) is 11.9 Å². The zero-order chi connectivity index (χ0) is 17.2. The van der Waals surface area contributed by atoms with Crippen molar-refractivity contribution in [3.8, 4) is 5.75 Å². The van der Waals surface area contributed by atoms with Crippen molar-refractivity contribution in [1.29, 1.82) is 0 Å². The maximum absolute atomic E-state index is 12.7. The number of fused-ring (bicyclic) bond motifs is 1. The summed E-state index contributed by atoms with van der Waals surface area (Å²) in [5.74, 6) is 0.367. The molecule has 0 spiro atoms. The molecule has 1 aliphatic heterocycles. The van der Waals surface area contributed by atoms with Crippen LogP contribution < -0.4 is 15.4 Å². The van der Waals surface area contributed by atoms with Crippen LogP contribution in [0.3, 0.4) is 0 Å². The molecule has 1 saturated carbocycles. The summed E-state index contributed by atoms with van der Waals surface area (Å²) in [5, 5.41) is 5.90. The zero-order valence-corrected chi connectivity index (χ0v) is 13.8. The van der Waals surface area contributed by atoms with E-state index in [1.54, 1.807) is 24.3 Å². The van der Waals surface area contributed by atoms with Crippen LogP contribution in [0.1, 0.15) is 41.1 Å². The maximum atomic E-state index is 12.7. The third-order valence-electron chi connectivity index (χ3n) is 4.58. The molecule has 1 aliphatic carbocycles. The number of nitrogens with one attached hydrogen (secondary N) is 2. The lowest BCUT2D eigenvalue weighted by Gasteiger charge is -2.25. The molecule has 2 N–H and O–H groups in total. The molecule has 2 aromatic carbocycles. The highest BCUT2D eigenvalue weighted by molar-refractivity contribution is 5.99. The van der Waals surface area contributed by atoms with Crippen LogP contribution in [0.4, 0.5) is 5.69 Å². The first-order valence-electron chi connectivity index (χ1n) is 8.64. The maximum Gasteiger partial charge on any atom is 0.251 e. The Morgan fingerprint density at radius 1 is 1.00 bits per heavy atom. The van der Waals surface area contributed by atoms with Crippen LogP contribution in [0.25, 0.3) is 0 Å². The van der Waals surface area contributed by atoms with Gasteiger partial charge in [-0.15, -0.1) is 0 Å².